The topological polar surface area (TPSA) is 40.7 Å². The molecule has 2 aromatic carbocycles. The molecule has 1 aromatic heterocycles. The van der Waals surface area contributed by atoms with E-state index in [2.05, 4.69) is 33.5 Å². The predicted molar refractivity (Wildman–Crippen MR) is 87.6 cm³/mol. The number of rotatable bonds is 6. The Bertz CT molecular complexity index is 670. The monoisotopic (exact) mass is 299 g/mol. The number of benzene rings is 2. The van der Waals surface area contributed by atoms with Crippen LogP contribution in [-0.2, 0) is 13.0 Å². The summed E-state index contributed by atoms with van der Waals surface area (Å²) in [7, 11) is 0. The number of aromatic nitrogens is 2. The van der Waals surface area contributed by atoms with Crippen LogP contribution in [0, 0.1) is 0 Å². The normalized spacial score (nSPS) is 11.1. The van der Waals surface area contributed by atoms with Crippen molar-refractivity contribution in [3.8, 4) is 0 Å². The molecule has 0 spiro atoms. The average Bonchev–Trinajstić information content (AvgIpc) is 2.91. The summed E-state index contributed by atoms with van der Waals surface area (Å²) in [6.45, 7) is 1.84. The van der Waals surface area contributed by atoms with E-state index >= 15 is 0 Å². The van der Waals surface area contributed by atoms with Crippen LogP contribution < -0.4 is 5.32 Å². The van der Waals surface area contributed by atoms with E-state index in [1.54, 1.807) is 0 Å². The first-order chi connectivity index (χ1) is 10.3. The Morgan fingerprint density at radius 2 is 1.86 bits per heavy atom. The van der Waals surface area contributed by atoms with Crippen molar-refractivity contribution in [1.29, 1.82) is 0 Å². The quantitative estimate of drug-likeness (QED) is 0.677. The molecule has 0 unspecified atom stereocenters. The Balaban J connectivity index is 1.42. The highest BCUT2D eigenvalue weighted by Gasteiger charge is 2.01. The molecule has 3 aromatic rings. The summed E-state index contributed by atoms with van der Waals surface area (Å²) in [5.41, 5.74) is 3.41. The predicted octanol–water partition coefficient (Wildman–Crippen LogP) is 3.94. The summed E-state index contributed by atoms with van der Waals surface area (Å²) < 4.78 is 0. The molecule has 0 aliphatic rings. The fourth-order valence-corrected chi connectivity index (χ4v) is 2.47. The summed E-state index contributed by atoms with van der Waals surface area (Å²) in [6.07, 6.45) is 2.02. The van der Waals surface area contributed by atoms with E-state index in [0.717, 1.165) is 47.8 Å². The maximum atomic E-state index is 5.87. The van der Waals surface area contributed by atoms with Gasteiger partial charge in [0.05, 0.1) is 11.0 Å². The van der Waals surface area contributed by atoms with Crippen LogP contribution in [-0.4, -0.2) is 16.5 Å². The molecular weight excluding hydrogens is 282 g/mol. The van der Waals surface area contributed by atoms with Crippen molar-refractivity contribution >= 4 is 22.6 Å². The summed E-state index contributed by atoms with van der Waals surface area (Å²) >= 11 is 5.87. The second-order valence-corrected chi connectivity index (χ2v) is 5.54. The number of halogens is 1. The Hall–Kier alpha value is -1.84. The zero-order chi connectivity index (χ0) is 14.5. The van der Waals surface area contributed by atoms with Gasteiger partial charge in [-0.05, 0) is 42.8 Å². The zero-order valence-electron chi connectivity index (χ0n) is 11.8. The van der Waals surface area contributed by atoms with Crippen LogP contribution >= 0.6 is 11.6 Å². The van der Waals surface area contributed by atoms with E-state index in [0.29, 0.717) is 0 Å². The zero-order valence-corrected chi connectivity index (χ0v) is 12.5. The first-order valence-electron chi connectivity index (χ1n) is 7.20. The van der Waals surface area contributed by atoms with E-state index < -0.39 is 0 Å². The van der Waals surface area contributed by atoms with Crippen LogP contribution in [0.4, 0.5) is 0 Å². The molecule has 2 N–H and O–H groups in total. The molecule has 0 fully saturated rings. The third-order valence-electron chi connectivity index (χ3n) is 3.45. The van der Waals surface area contributed by atoms with E-state index in [-0.39, 0.29) is 0 Å². The summed E-state index contributed by atoms with van der Waals surface area (Å²) in [4.78, 5) is 7.94. The molecule has 0 atom stereocenters. The molecule has 0 bridgehead atoms. The van der Waals surface area contributed by atoms with E-state index in [4.69, 9.17) is 11.6 Å². The van der Waals surface area contributed by atoms with Crippen LogP contribution in [0.3, 0.4) is 0 Å². The van der Waals surface area contributed by atoms with Crippen LogP contribution in [0.25, 0.3) is 11.0 Å². The molecule has 0 amide bonds. The lowest BCUT2D eigenvalue weighted by Crippen LogP contribution is -2.15. The number of nitrogens with zero attached hydrogens (tertiary/aromatic N) is 1. The lowest BCUT2D eigenvalue weighted by Gasteiger charge is -2.04. The van der Waals surface area contributed by atoms with Gasteiger partial charge in [-0.1, -0.05) is 35.9 Å². The van der Waals surface area contributed by atoms with Crippen LogP contribution in [0.5, 0.6) is 0 Å². The van der Waals surface area contributed by atoms with Crippen LogP contribution in [0.15, 0.2) is 48.5 Å². The van der Waals surface area contributed by atoms with Gasteiger partial charge in [0.2, 0.25) is 0 Å². The lowest BCUT2D eigenvalue weighted by molar-refractivity contribution is 0.641. The summed E-state index contributed by atoms with van der Waals surface area (Å²) in [5.74, 6) is 1.06. The second kappa shape index (κ2) is 6.74. The van der Waals surface area contributed by atoms with Gasteiger partial charge in [-0.2, -0.15) is 0 Å². The molecule has 0 radical (unpaired) electrons. The smallest absolute Gasteiger partial charge is 0.107 e. The number of imidazole rings is 1. The molecule has 21 heavy (non-hydrogen) atoms. The van der Waals surface area contributed by atoms with Crippen molar-refractivity contribution in [1.82, 2.24) is 15.3 Å². The average molecular weight is 300 g/mol. The van der Waals surface area contributed by atoms with Gasteiger partial charge in [-0.3, -0.25) is 0 Å². The highest BCUT2D eigenvalue weighted by Crippen LogP contribution is 2.11. The van der Waals surface area contributed by atoms with Gasteiger partial charge in [-0.25, -0.2) is 4.98 Å². The number of fused-ring (bicyclic) bond motifs is 1. The minimum Gasteiger partial charge on any atom is -0.342 e. The third kappa shape index (κ3) is 3.84. The maximum Gasteiger partial charge on any atom is 0.107 e. The van der Waals surface area contributed by atoms with E-state index in [1.165, 1.54) is 5.56 Å². The van der Waals surface area contributed by atoms with Gasteiger partial charge in [0.1, 0.15) is 5.82 Å². The van der Waals surface area contributed by atoms with Gasteiger partial charge in [0.25, 0.3) is 0 Å². The van der Waals surface area contributed by atoms with Gasteiger partial charge in [-0.15, -0.1) is 0 Å². The van der Waals surface area contributed by atoms with E-state index in [9.17, 15) is 0 Å². The second-order valence-electron chi connectivity index (χ2n) is 5.11. The largest absolute Gasteiger partial charge is 0.342 e. The number of aryl methyl sites for hydroxylation is 1. The van der Waals surface area contributed by atoms with Crippen molar-refractivity contribution in [2.24, 2.45) is 0 Å². The van der Waals surface area contributed by atoms with Crippen molar-refractivity contribution in [2.45, 2.75) is 19.4 Å². The molecule has 3 rings (SSSR count). The van der Waals surface area contributed by atoms with Gasteiger partial charge in [0.15, 0.2) is 0 Å². The Morgan fingerprint density at radius 3 is 2.67 bits per heavy atom. The summed E-state index contributed by atoms with van der Waals surface area (Å²) in [6, 6.07) is 16.1. The van der Waals surface area contributed by atoms with E-state index in [1.807, 2.05) is 30.3 Å². The lowest BCUT2D eigenvalue weighted by atomic mass is 10.2. The molecular formula is C17H18ClN3. The molecule has 0 aliphatic heterocycles. The minimum atomic E-state index is 0.781. The minimum absolute atomic E-state index is 0.781. The third-order valence-corrected chi connectivity index (χ3v) is 3.70. The van der Waals surface area contributed by atoms with Crippen molar-refractivity contribution in [2.75, 3.05) is 6.54 Å². The Morgan fingerprint density at radius 1 is 1.05 bits per heavy atom. The van der Waals surface area contributed by atoms with Gasteiger partial charge < -0.3 is 10.3 Å². The number of aromatic amines is 1. The van der Waals surface area contributed by atoms with Crippen molar-refractivity contribution < 1.29 is 0 Å². The molecule has 108 valence electrons. The van der Waals surface area contributed by atoms with Gasteiger partial charge >= 0.3 is 0 Å². The number of hydrogen-bond acceptors (Lipinski definition) is 2. The fraction of sp³-hybridized carbons (Fsp3) is 0.235. The number of nitrogens with one attached hydrogen (secondary N) is 2. The molecule has 0 saturated carbocycles. The van der Waals surface area contributed by atoms with Crippen molar-refractivity contribution in [3.05, 3.63) is 64.9 Å². The number of H-pyrrole nitrogens is 1. The van der Waals surface area contributed by atoms with Crippen LogP contribution in [0.2, 0.25) is 5.02 Å². The standard InChI is InChI=1S/C17H18ClN3/c18-14-9-7-13(8-10-14)12-19-11-3-6-17-20-15-4-1-2-5-16(15)21-17/h1-2,4-5,7-10,19H,3,6,11-12H2,(H,20,21). The SMILES string of the molecule is Clc1ccc(CNCCCc2nc3ccccc3[nH]2)cc1. The summed E-state index contributed by atoms with van der Waals surface area (Å²) in [5, 5.41) is 4.22. The first-order valence-corrected chi connectivity index (χ1v) is 7.58. The van der Waals surface area contributed by atoms with Crippen LogP contribution in [0.1, 0.15) is 17.8 Å². The Labute approximate surface area is 129 Å². The highest BCUT2D eigenvalue weighted by atomic mass is 35.5. The highest BCUT2D eigenvalue weighted by molar-refractivity contribution is 6.30. The molecule has 0 aliphatic carbocycles. The molecule has 1 heterocycles. The number of para-hydroxylation sites is 2. The molecule has 3 nitrogen and oxygen atoms in total. The van der Waals surface area contributed by atoms with Crippen molar-refractivity contribution in [3.63, 3.8) is 0 Å². The molecule has 4 heteroatoms. The first kappa shape index (κ1) is 14.1. The fourth-order valence-electron chi connectivity index (χ4n) is 2.34. The van der Waals surface area contributed by atoms with Gasteiger partial charge in [0, 0.05) is 18.0 Å². The Kier molecular flexibility index (Phi) is 4.53. The maximum absolute atomic E-state index is 5.87. The number of hydrogen-bond donors (Lipinski definition) is 2. The molecule has 0 saturated heterocycles.